The molecule has 0 saturated heterocycles. The molecule has 3 heteroatoms. The van der Waals surface area contributed by atoms with E-state index in [1.54, 1.807) is 0 Å². The van der Waals surface area contributed by atoms with E-state index in [9.17, 15) is 10.2 Å². The van der Waals surface area contributed by atoms with Gasteiger partial charge in [-0.05, 0) is 92.3 Å². The summed E-state index contributed by atoms with van der Waals surface area (Å²) >= 11 is 0. The van der Waals surface area contributed by atoms with Crippen molar-refractivity contribution in [3.8, 4) is 0 Å². The zero-order valence-electron chi connectivity index (χ0n) is 22.6. The van der Waals surface area contributed by atoms with Crippen molar-refractivity contribution in [3.63, 3.8) is 0 Å². The zero-order valence-corrected chi connectivity index (χ0v) is 22.6. The van der Waals surface area contributed by atoms with E-state index in [0.29, 0.717) is 30.3 Å². The molecule has 0 bridgehead atoms. The summed E-state index contributed by atoms with van der Waals surface area (Å²) in [5.74, 6) is 4.50. The second-order valence-corrected chi connectivity index (χ2v) is 13.7. The predicted molar refractivity (Wildman–Crippen MR) is 136 cm³/mol. The van der Waals surface area contributed by atoms with Gasteiger partial charge in [-0.25, -0.2) is 0 Å². The second-order valence-electron chi connectivity index (χ2n) is 13.7. The number of aliphatic hydroxyl groups excluding tert-OH is 1. The van der Waals surface area contributed by atoms with E-state index in [0.717, 1.165) is 49.4 Å². The molecule has 3 unspecified atom stereocenters. The molecule has 4 fully saturated rings. The summed E-state index contributed by atoms with van der Waals surface area (Å²) in [5, 5.41) is 22.7. The summed E-state index contributed by atoms with van der Waals surface area (Å²) in [6, 6.07) is 0. The van der Waals surface area contributed by atoms with Gasteiger partial charge in [0.05, 0.1) is 17.8 Å². The standard InChI is InChI=1S/C30H54O3/c1-7-17-33-27-18-23-25-12-11-24(21(4)10-8-9-20(2)3)28(25,5)15-14-26(23)29(6)16-13-22(31)19-30(27,29)32/h20-27,31-32H,7-19H2,1-6H3/t21-,22?,23+,24-,25+,26+,27?,28-,29-,30?/m1/s1. The van der Waals surface area contributed by atoms with Crippen molar-refractivity contribution in [1.29, 1.82) is 0 Å². The van der Waals surface area contributed by atoms with Crippen molar-refractivity contribution in [3.05, 3.63) is 0 Å². The topological polar surface area (TPSA) is 49.7 Å². The lowest BCUT2D eigenvalue weighted by atomic mass is 9.42. The van der Waals surface area contributed by atoms with Crippen LogP contribution in [0.5, 0.6) is 0 Å². The maximum atomic E-state index is 12.1. The predicted octanol–water partition coefficient (Wildman–Crippen LogP) is 6.99. The molecule has 0 aromatic heterocycles. The Morgan fingerprint density at radius 1 is 0.970 bits per heavy atom. The summed E-state index contributed by atoms with van der Waals surface area (Å²) in [6.45, 7) is 15.1. The van der Waals surface area contributed by atoms with Gasteiger partial charge in [-0.1, -0.05) is 60.8 Å². The Balaban J connectivity index is 1.56. The highest BCUT2D eigenvalue weighted by molar-refractivity contribution is 5.17. The molecule has 0 aliphatic heterocycles. The molecule has 0 spiro atoms. The van der Waals surface area contributed by atoms with Crippen LogP contribution in [0.25, 0.3) is 0 Å². The van der Waals surface area contributed by atoms with Crippen LogP contribution in [0.15, 0.2) is 0 Å². The lowest BCUT2D eigenvalue weighted by Gasteiger charge is -2.66. The van der Waals surface area contributed by atoms with Crippen LogP contribution in [0.4, 0.5) is 0 Å². The first-order chi connectivity index (χ1) is 15.6. The van der Waals surface area contributed by atoms with E-state index in [2.05, 4.69) is 41.5 Å². The normalized spacial score (nSPS) is 48.3. The molecule has 4 aliphatic carbocycles. The Hall–Kier alpha value is -0.120. The van der Waals surface area contributed by atoms with Gasteiger partial charge in [-0.3, -0.25) is 0 Å². The highest BCUT2D eigenvalue weighted by Gasteiger charge is 2.67. The fourth-order valence-corrected chi connectivity index (χ4v) is 9.72. The number of ether oxygens (including phenoxy) is 1. The third kappa shape index (κ3) is 4.35. The minimum Gasteiger partial charge on any atom is -0.393 e. The minimum atomic E-state index is -0.878. The van der Waals surface area contributed by atoms with E-state index < -0.39 is 5.60 Å². The first kappa shape index (κ1) is 26.0. The summed E-state index contributed by atoms with van der Waals surface area (Å²) < 4.78 is 6.44. The van der Waals surface area contributed by atoms with Crippen LogP contribution in [0.2, 0.25) is 0 Å². The van der Waals surface area contributed by atoms with Crippen LogP contribution in [0.1, 0.15) is 119 Å². The van der Waals surface area contributed by atoms with Crippen LogP contribution in [0, 0.1) is 46.3 Å². The Labute approximate surface area is 204 Å². The number of hydrogen-bond acceptors (Lipinski definition) is 3. The fourth-order valence-electron chi connectivity index (χ4n) is 9.72. The van der Waals surface area contributed by atoms with Gasteiger partial charge in [-0.15, -0.1) is 0 Å². The summed E-state index contributed by atoms with van der Waals surface area (Å²) in [4.78, 5) is 0. The Bertz CT molecular complexity index is 663. The highest BCUT2D eigenvalue weighted by atomic mass is 16.5. The number of aliphatic hydroxyl groups is 2. The molecule has 33 heavy (non-hydrogen) atoms. The average molecular weight is 463 g/mol. The molecule has 4 aliphatic rings. The molecule has 0 amide bonds. The molecule has 10 atom stereocenters. The van der Waals surface area contributed by atoms with Crippen molar-refractivity contribution in [2.75, 3.05) is 6.61 Å². The average Bonchev–Trinajstić information content (AvgIpc) is 3.10. The van der Waals surface area contributed by atoms with Crippen molar-refractivity contribution < 1.29 is 14.9 Å². The van der Waals surface area contributed by atoms with Gasteiger partial charge in [0.15, 0.2) is 0 Å². The van der Waals surface area contributed by atoms with Crippen LogP contribution >= 0.6 is 0 Å². The SMILES string of the molecule is CCCOC1C[C@H]2[C@@H]3CC[C@H]([C@H](C)CCCC(C)C)[C@@]3(C)CC[C@@H]2[C@@]2(C)CCC(O)CC12O. The van der Waals surface area contributed by atoms with E-state index in [1.807, 2.05) is 0 Å². The molecule has 2 N–H and O–H groups in total. The monoisotopic (exact) mass is 462 g/mol. The molecule has 192 valence electrons. The van der Waals surface area contributed by atoms with Gasteiger partial charge in [0.2, 0.25) is 0 Å². The van der Waals surface area contributed by atoms with Gasteiger partial charge in [0.25, 0.3) is 0 Å². The van der Waals surface area contributed by atoms with Crippen molar-refractivity contribution in [2.45, 2.75) is 136 Å². The Kier molecular flexibility index (Phi) is 7.66. The summed E-state index contributed by atoms with van der Waals surface area (Å²) in [6.07, 6.45) is 13.2. The maximum absolute atomic E-state index is 12.1. The third-order valence-corrected chi connectivity index (χ3v) is 11.5. The number of hydrogen-bond donors (Lipinski definition) is 2. The molecule has 3 nitrogen and oxygen atoms in total. The molecule has 0 aromatic carbocycles. The third-order valence-electron chi connectivity index (χ3n) is 11.5. The van der Waals surface area contributed by atoms with Gasteiger partial charge < -0.3 is 14.9 Å². The van der Waals surface area contributed by atoms with Crippen LogP contribution < -0.4 is 0 Å². The summed E-state index contributed by atoms with van der Waals surface area (Å²) in [5.41, 5.74) is -0.555. The van der Waals surface area contributed by atoms with E-state index in [-0.39, 0.29) is 17.6 Å². The molecule has 4 rings (SSSR count). The highest BCUT2D eigenvalue weighted by Crippen LogP contribution is 2.69. The molecule has 0 heterocycles. The van der Waals surface area contributed by atoms with Crippen LogP contribution in [-0.2, 0) is 4.74 Å². The molecule has 4 saturated carbocycles. The van der Waals surface area contributed by atoms with Crippen LogP contribution in [-0.4, -0.2) is 34.6 Å². The smallest absolute Gasteiger partial charge is 0.0988 e. The largest absolute Gasteiger partial charge is 0.393 e. The van der Waals surface area contributed by atoms with E-state index in [1.165, 1.54) is 44.9 Å². The number of rotatable bonds is 8. The van der Waals surface area contributed by atoms with Gasteiger partial charge in [0, 0.05) is 18.4 Å². The molecule has 0 aromatic rings. The lowest BCUT2D eigenvalue weighted by molar-refractivity contribution is -0.274. The Morgan fingerprint density at radius 3 is 2.42 bits per heavy atom. The van der Waals surface area contributed by atoms with Gasteiger partial charge in [0.1, 0.15) is 0 Å². The van der Waals surface area contributed by atoms with Crippen molar-refractivity contribution in [2.24, 2.45) is 46.3 Å². The number of fused-ring (bicyclic) bond motifs is 5. The molecular weight excluding hydrogens is 408 g/mol. The molecular formula is C30H54O3. The second kappa shape index (κ2) is 9.74. The van der Waals surface area contributed by atoms with Gasteiger partial charge in [-0.2, -0.15) is 0 Å². The fraction of sp³-hybridized carbons (Fsp3) is 1.00. The van der Waals surface area contributed by atoms with E-state index in [4.69, 9.17) is 4.74 Å². The quantitative estimate of drug-likeness (QED) is 0.409. The summed E-state index contributed by atoms with van der Waals surface area (Å²) in [7, 11) is 0. The van der Waals surface area contributed by atoms with Crippen molar-refractivity contribution >= 4 is 0 Å². The molecule has 0 radical (unpaired) electrons. The lowest BCUT2D eigenvalue weighted by Crippen LogP contribution is -2.69. The Morgan fingerprint density at radius 2 is 1.73 bits per heavy atom. The first-order valence-corrected chi connectivity index (χ1v) is 14.6. The van der Waals surface area contributed by atoms with Gasteiger partial charge >= 0.3 is 0 Å². The first-order valence-electron chi connectivity index (χ1n) is 14.6. The maximum Gasteiger partial charge on any atom is 0.0988 e. The van der Waals surface area contributed by atoms with Crippen molar-refractivity contribution in [1.82, 2.24) is 0 Å². The zero-order chi connectivity index (χ0) is 24.0. The van der Waals surface area contributed by atoms with Crippen LogP contribution in [0.3, 0.4) is 0 Å². The minimum absolute atomic E-state index is 0.122. The van der Waals surface area contributed by atoms with E-state index >= 15 is 0 Å².